The van der Waals surface area contributed by atoms with Gasteiger partial charge in [0.05, 0.1) is 11.4 Å². The zero-order valence-corrected chi connectivity index (χ0v) is 21.7. The Bertz CT molecular complexity index is 1710. The predicted molar refractivity (Wildman–Crippen MR) is 160 cm³/mol. The fourth-order valence-electron chi connectivity index (χ4n) is 5.12. The molecule has 5 heteroatoms. The number of nitrogens with one attached hydrogen (secondary N) is 2. The van der Waals surface area contributed by atoms with Crippen LogP contribution in [-0.2, 0) is 0 Å². The van der Waals surface area contributed by atoms with Gasteiger partial charge in [-0.3, -0.25) is 9.59 Å². The molecule has 0 aromatic heterocycles. The largest absolute Gasteiger partial charge is 0.388 e. The van der Waals surface area contributed by atoms with E-state index >= 15 is 0 Å². The molecule has 0 fully saturated rings. The van der Waals surface area contributed by atoms with Crippen molar-refractivity contribution in [2.75, 3.05) is 22.6 Å². The molecule has 1 aliphatic heterocycles. The summed E-state index contributed by atoms with van der Waals surface area (Å²) in [5, 5.41) is 6.33. The van der Waals surface area contributed by atoms with Crippen molar-refractivity contribution >= 4 is 40.1 Å². The lowest BCUT2D eigenvalue weighted by molar-refractivity contribution is 0.101. The first-order valence-corrected chi connectivity index (χ1v) is 12.9. The number of carbonyl (C=O) groups excluding carboxylic acids is 2. The van der Waals surface area contributed by atoms with Crippen LogP contribution in [0.5, 0.6) is 0 Å². The molecule has 0 bridgehead atoms. The molecule has 0 spiro atoms. The molecule has 1 amide bonds. The molecule has 0 atom stereocenters. The lowest BCUT2D eigenvalue weighted by atomic mass is 9.94. The number of nitrogens with zero attached hydrogens (tertiary/aromatic N) is 1. The average molecular weight is 510 g/mol. The van der Waals surface area contributed by atoms with Crippen molar-refractivity contribution in [2.24, 2.45) is 0 Å². The van der Waals surface area contributed by atoms with Gasteiger partial charge in [0, 0.05) is 46.4 Å². The summed E-state index contributed by atoms with van der Waals surface area (Å²) >= 11 is 0. The minimum atomic E-state index is -0.228. The molecular formula is C34H27N3O2. The topological polar surface area (TPSA) is 61.4 Å². The molecule has 190 valence electrons. The summed E-state index contributed by atoms with van der Waals surface area (Å²) in [6, 6.07) is 37.9. The monoisotopic (exact) mass is 509 g/mol. The number of Topliss-reactive ketones (excluding diaryl/α,β-unsaturated/α-hetero) is 1. The van der Waals surface area contributed by atoms with Crippen LogP contribution < -0.4 is 15.5 Å². The van der Waals surface area contributed by atoms with Crippen molar-refractivity contribution in [2.45, 2.75) is 6.92 Å². The second kappa shape index (κ2) is 9.95. The number of rotatable bonds is 5. The van der Waals surface area contributed by atoms with Gasteiger partial charge in [-0.25, -0.2) is 0 Å². The van der Waals surface area contributed by atoms with Gasteiger partial charge in [-0.2, -0.15) is 0 Å². The van der Waals surface area contributed by atoms with Gasteiger partial charge >= 0.3 is 0 Å². The van der Waals surface area contributed by atoms with Crippen molar-refractivity contribution < 1.29 is 9.59 Å². The predicted octanol–water partition coefficient (Wildman–Crippen LogP) is 8.30. The molecule has 5 aromatic rings. The molecule has 1 aliphatic rings. The lowest BCUT2D eigenvalue weighted by Gasteiger charge is -2.27. The summed E-state index contributed by atoms with van der Waals surface area (Å²) < 4.78 is 0. The maximum absolute atomic E-state index is 13.1. The number of para-hydroxylation sites is 1. The minimum absolute atomic E-state index is 0.0304. The number of benzene rings is 5. The summed E-state index contributed by atoms with van der Waals surface area (Å²) in [7, 11) is 1.93. The molecule has 0 unspecified atom stereocenters. The lowest BCUT2D eigenvalue weighted by Crippen LogP contribution is -2.13. The molecule has 2 N–H and O–H groups in total. The number of anilines is 5. The molecular weight excluding hydrogens is 482 g/mol. The number of carbonyl (C=O) groups is 2. The zero-order chi connectivity index (χ0) is 26.9. The second-order valence-corrected chi connectivity index (χ2v) is 9.52. The van der Waals surface area contributed by atoms with Crippen LogP contribution in [0.15, 0.2) is 115 Å². The van der Waals surface area contributed by atoms with Gasteiger partial charge in [0.15, 0.2) is 5.78 Å². The van der Waals surface area contributed by atoms with Crippen LogP contribution in [0.2, 0.25) is 0 Å². The number of hydrogen-bond donors (Lipinski definition) is 2. The van der Waals surface area contributed by atoms with Crippen LogP contribution in [-0.4, -0.2) is 18.7 Å². The zero-order valence-electron chi connectivity index (χ0n) is 21.7. The van der Waals surface area contributed by atoms with E-state index in [4.69, 9.17) is 0 Å². The van der Waals surface area contributed by atoms with E-state index in [2.05, 4.69) is 70.1 Å². The third-order valence-electron chi connectivity index (χ3n) is 7.10. The van der Waals surface area contributed by atoms with Crippen molar-refractivity contribution in [1.82, 2.24) is 0 Å². The van der Waals surface area contributed by atoms with Gasteiger partial charge in [0.2, 0.25) is 0 Å². The van der Waals surface area contributed by atoms with Crippen molar-refractivity contribution in [3.8, 4) is 22.3 Å². The summed E-state index contributed by atoms with van der Waals surface area (Å²) in [5.74, 6) is -0.258. The van der Waals surface area contributed by atoms with Gasteiger partial charge < -0.3 is 15.5 Å². The molecule has 39 heavy (non-hydrogen) atoms. The van der Waals surface area contributed by atoms with E-state index in [0.29, 0.717) is 16.8 Å². The van der Waals surface area contributed by atoms with E-state index < -0.39 is 0 Å². The molecule has 1 heterocycles. The Balaban J connectivity index is 1.49. The van der Waals surface area contributed by atoms with Gasteiger partial charge in [-0.15, -0.1) is 0 Å². The van der Waals surface area contributed by atoms with E-state index in [1.807, 2.05) is 43.4 Å². The SMILES string of the molecule is CNc1ccc2c(c1)-c1ccccc1-c1cc(NC(=O)c3ccc(C(C)=O)cc3)ccc1N2c1ccccc1. The quantitative estimate of drug-likeness (QED) is 0.230. The number of fused-ring (bicyclic) bond motifs is 5. The third kappa shape index (κ3) is 4.44. The molecule has 0 radical (unpaired) electrons. The highest BCUT2D eigenvalue weighted by atomic mass is 16.1. The maximum Gasteiger partial charge on any atom is 0.255 e. The summed E-state index contributed by atoms with van der Waals surface area (Å²) in [5.41, 5.74) is 10.3. The van der Waals surface area contributed by atoms with E-state index in [1.165, 1.54) is 6.92 Å². The van der Waals surface area contributed by atoms with Crippen molar-refractivity contribution in [3.63, 3.8) is 0 Å². The standard InChI is InChI=1S/C34H27N3O2/c1-22(38)23-12-14-24(15-13-23)34(39)36-26-17-19-33-31(21-26)29-11-7-6-10-28(29)30-20-25(35-2)16-18-32(30)37(33)27-8-4-3-5-9-27/h3-21,35H,1-2H3,(H,36,39). The van der Waals surface area contributed by atoms with E-state index in [9.17, 15) is 9.59 Å². The number of hydrogen-bond acceptors (Lipinski definition) is 4. The Kier molecular flexibility index (Phi) is 6.17. The first-order chi connectivity index (χ1) is 19.0. The molecule has 0 aliphatic carbocycles. The van der Waals surface area contributed by atoms with E-state index in [-0.39, 0.29) is 11.7 Å². The Labute approximate surface area is 227 Å². The summed E-state index contributed by atoms with van der Waals surface area (Å²) in [6.45, 7) is 1.51. The smallest absolute Gasteiger partial charge is 0.255 e. The number of amides is 1. The highest BCUT2D eigenvalue weighted by Gasteiger charge is 2.26. The number of ketones is 1. The Hall–Kier alpha value is -5.16. The average Bonchev–Trinajstić information content (AvgIpc) is 3.10. The highest BCUT2D eigenvalue weighted by molar-refractivity contribution is 6.07. The van der Waals surface area contributed by atoms with Crippen molar-refractivity contribution in [1.29, 1.82) is 0 Å². The molecule has 0 saturated heterocycles. The van der Waals surface area contributed by atoms with Crippen LogP contribution in [0, 0.1) is 0 Å². The van der Waals surface area contributed by atoms with Gasteiger partial charge in [0.1, 0.15) is 0 Å². The van der Waals surface area contributed by atoms with E-state index in [0.717, 1.165) is 45.0 Å². The maximum atomic E-state index is 13.1. The van der Waals surface area contributed by atoms with Gasteiger partial charge in [0.25, 0.3) is 5.91 Å². The first-order valence-electron chi connectivity index (χ1n) is 12.9. The summed E-state index contributed by atoms with van der Waals surface area (Å²) in [6.07, 6.45) is 0. The minimum Gasteiger partial charge on any atom is -0.388 e. The first kappa shape index (κ1) is 24.2. The summed E-state index contributed by atoms with van der Waals surface area (Å²) in [4.78, 5) is 27.0. The Morgan fingerprint density at radius 1 is 0.590 bits per heavy atom. The highest BCUT2D eigenvalue weighted by Crippen LogP contribution is 2.51. The molecule has 0 saturated carbocycles. The van der Waals surface area contributed by atoms with Crippen LogP contribution in [0.1, 0.15) is 27.6 Å². The van der Waals surface area contributed by atoms with Crippen LogP contribution in [0.25, 0.3) is 22.3 Å². The van der Waals surface area contributed by atoms with Gasteiger partial charge in [-0.05, 0) is 78.7 Å². The normalized spacial score (nSPS) is 11.5. The van der Waals surface area contributed by atoms with E-state index in [1.54, 1.807) is 24.3 Å². The Morgan fingerprint density at radius 2 is 1.13 bits per heavy atom. The van der Waals surface area contributed by atoms with Crippen LogP contribution in [0.4, 0.5) is 28.4 Å². The molecule has 6 rings (SSSR count). The van der Waals surface area contributed by atoms with Gasteiger partial charge in [-0.1, -0.05) is 54.6 Å². The fraction of sp³-hybridized carbons (Fsp3) is 0.0588. The Morgan fingerprint density at radius 3 is 1.72 bits per heavy atom. The van der Waals surface area contributed by atoms with Crippen molar-refractivity contribution in [3.05, 3.63) is 126 Å². The molecule has 5 nitrogen and oxygen atoms in total. The second-order valence-electron chi connectivity index (χ2n) is 9.52. The van der Waals surface area contributed by atoms with Crippen LogP contribution in [0.3, 0.4) is 0 Å². The third-order valence-corrected chi connectivity index (χ3v) is 7.10. The fourth-order valence-corrected chi connectivity index (χ4v) is 5.12. The molecule has 5 aromatic carbocycles. The van der Waals surface area contributed by atoms with Crippen LogP contribution >= 0.6 is 0 Å².